The Kier molecular flexibility index (Phi) is 5.89. The minimum atomic E-state index is 0.489. The van der Waals surface area contributed by atoms with Gasteiger partial charge in [0.1, 0.15) is 6.29 Å². The fourth-order valence-corrected chi connectivity index (χ4v) is 1.63. The average Bonchev–Trinajstić information content (AvgIpc) is 2.40. The molecule has 0 radical (unpaired) electrons. The minimum absolute atomic E-state index is 0.489. The highest BCUT2D eigenvalue weighted by Crippen LogP contribution is 2.19. The van der Waals surface area contributed by atoms with Crippen molar-refractivity contribution in [1.29, 1.82) is 5.26 Å². The molecule has 0 spiro atoms. The third-order valence-electron chi connectivity index (χ3n) is 2.79. The third kappa shape index (κ3) is 4.19. The molecule has 0 bridgehead atoms. The number of rotatable bonds is 7. The number of nitriles is 1. The molecule has 18 heavy (non-hydrogen) atoms. The van der Waals surface area contributed by atoms with Gasteiger partial charge in [-0.05, 0) is 37.4 Å². The molecule has 0 amide bonds. The first kappa shape index (κ1) is 14.2. The summed E-state index contributed by atoms with van der Waals surface area (Å²) in [6.07, 6.45) is 1.39. The van der Waals surface area contributed by atoms with Crippen molar-refractivity contribution in [1.82, 2.24) is 4.90 Å². The molecule has 0 aromatic heterocycles. The molecule has 0 unspecified atom stereocenters. The highest BCUT2D eigenvalue weighted by molar-refractivity contribution is 5.56. The number of anilines is 1. The summed E-state index contributed by atoms with van der Waals surface area (Å²) < 4.78 is 0. The van der Waals surface area contributed by atoms with Crippen LogP contribution in [0.2, 0.25) is 0 Å². The Hall–Kier alpha value is -1.86. The lowest BCUT2D eigenvalue weighted by molar-refractivity contribution is -0.107. The van der Waals surface area contributed by atoms with E-state index >= 15 is 0 Å². The fourth-order valence-electron chi connectivity index (χ4n) is 1.63. The van der Waals surface area contributed by atoms with Gasteiger partial charge in [-0.15, -0.1) is 0 Å². The lowest BCUT2D eigenvalue weighted by atomic mass is 10.1. The number of benzene rings is 1. The number of carbonyl (C=O) groups is 1. The second-order valence-corrected chi connectivity index (χ2v) is 4.20. The Balaban J connectivity index is 2.86. The molecule has 1 aromatic carbocycles. The van der Waals surface area contributed by atoms with Crippen molar-refractivity contribution in [2.75, 3.05) is 25.5 Å². The van der Waals surface area contributed by atoms with Gasteiger partial charge in [0.2, 0.25) is 0 Å². The van der Waals surface area contributed by atoms with Crippen molar-refractivity contribution in [3.8, 4) is 6.07 Å². The van der Waals surface area contributed by atoms with Crippen LogP contribution in [0.1, 0.15) is 24.5 Å². The molecular formula is C14H19N3O. The molecule has 0 aliphatic heterocycles. The number of nitrogens with one attached hydrogen (secondary N) is 1. The van der Waals surface area contributed by atoms with Crippen LogP contribution in [0.4, 0.5) is 5.69 Å². The Morgan fingerprint density at radius 3 is 2.89 bits per heavy atom. The molecular weight excluding hydrogens is 226 g/mol. The summed E-state index contributed by atoms with van der Waals surface area (Å²) in [5.41, 5.74) is 2.75. The Labute approximate surface area is 108 Å². The summed E-state index contributed by atoms with van der Waals surface area (Å²) in [5.74, 6) is 0. The predicted molar refractivity (Wildman–Crippen MR) is 72.3 cm³/mol. The Bertz CT molecular complexity index is 437. The summed E-state index contributed by atoms with van der Waals surface area (Å²) in [5, 5.41) is 12.2. The number of carbonyl (C=O) groups excluding carboxylic acids is 1. The minimum Gasteiger partial charge on any atom is -0.384 e. The van der Waals surface area contributed by atoms with Gasteiger partial charge in [-0.2, -0.15) is 5.26 Å². The van der Waals surface area contributed by atoms with Gasteiger partial charge in [0, 0.05) is 25.2 Å². The van der Waals surface area contributed by atoms with E-state index in [0.29, 0.717) is 18.5 Å². The molecule has 0 aliphatic rings. The second kappa shape index (κ2) is 7.46. The van der Waals surface area contributed by atoms with E-state index in [2.05, 4.69) is 23.2 Å². The number of aldehydes is 1. The molecule has 1 rings (SSSR count). The first-order valence-corrected chi connectivity index (χ1v) is 6.10. The summed E-state index contributed by atoms with van der Waals surface area (Å²) >= 11 is 0. The summed E-state index contributed by atoms with van der Waals surface area (Å²) in [7, 11) is 2.04. The van der Waals surface area contributed by atoms with Crippen molar-refractivity contribution in [2.24, 2.45) is 0 Å². The van der Waals surface area contributed by atoms with Gasteiger partial charge in [0.05, 0.1) is 11.6 Å². The average molecular weight is 245 g/mol. The monoisotopic (exact) mass is 245 g/mol. The molecule has 0 atom stereocenters. The topological polar surface area (TPSA) is 56.1 Å². The molecule has 0 fully saturated rings. The van der Waals surface area contributed by atoms with Crippen LogP contribution in [-0.2, 0) is 11.3 Å². The van der Waals surface area contributed by atoms with Gasteiger partial charge in [0.25, 0.3) is 0 Å². The molecule has 1 N–H and O–H groups in total. The standard InChI is InChI=1S/C14H19N3O/c1-3-17(2)11-13-9-12(10-15)5-6-14(13)16-7-4-8-18/h5-6,8-9,16H,3-4,7,11H2,1-2H3. The van der Waals surface area contributed by atoms with Gasteiger partial charge < -0.3 is 15.0 Å². The Morgan fingerprint density at radius 1 is 1.50 bits per heavy atom. The van der Waals surface area contributed by atoms with Crippen molar-refractivity contribution in [2.45, 2.75) is 19.9 Å². The highest BCUT2D eigenvalue weighted by Gasteiger charge is 2.06. The van der Waals surface area contributed by atoms with Gasteiger partial charge in [-0.1, -0.05) is 6.92 Å². The third-order valence-corrected chi connectivity index (χ3v) is 2.79. The van der Waals surface area contributed by atoms with Crippen LogP contribution in [-0.4, -0.2) is 31.3 Å². The van der Waals surface area contributed by atoms with Crippen LogP contribution in [0.25, 0.3) is 0 Å². The van der Waals surface area contributed by atoms with E-state index < -0.39 is 0 Å². The van der Waals surface area contributed by atoms with Gasteiger partial charge in [0.15, 0.2) is 0 Å². The quantitative estimate of drug-likeness (QED) is 0.589. The largest absolute Gasteiger partial charge is 0.384 e. The van der Waals surface area contributed by atoms with Gasteiger partial charge in [-0.25, -0.2) is 0 Å². The molecule has 4 nitrogen and oxygen atoms in total. The molecule has 96 valence electrons. The summed E-state index contributed by atoms with van der Waals surface area (Å²) in [4.78, 5) is 12.5. The lowest BCUT2D eigenvalue weighted by Gasteiger charge is -2.17. The van der Waals surface area contributed by atoms with Crippen molar-refractivity contribution in [3.05, 3.63) is 29.3 Å². The van der Waals surface area contributed by atoms with E-state index in [1.165, 1.54) is 0 Å². The van der Waals surface area contributed by atoms with E-state index in [9.17, 15) is 4.79 Å². The fraction of sp³-hybridized carbons (Fsp3) is 0.429. The SMILES string of the molecule is CCN(C)Cc1cc(C#N)ccc1NCCC=O. The zero-order valence-corrected chi connectivity index (χ0v) is 10.9. The predicted octanol–water partition coefficient (Wildman–Crippen LogP) is 2.01. The van der Waals surface area contributed by atoms with E-state index in [0.717, 1.165) is 30.6 Å². The molecule has 0 saturated heterocycles. The highest BCUT2D eigenvalue weighted by atomic mass is 16.1. The zero-order valence-electron chi connectivity index (χ0n) is 10.9. The van der Waals surface area contributed by atoms with Crippen LogP contribution in [0.5, 0.6) is 0 Å². The van der Waals surface area contributed by atoms with E-state index in [4.69, 9.17) is 5.26 Å². The van der Waals surface area contributed by atoms with Gasteiger partial charge in [-0.3, -0.25) is 0 Å². The molecule has 4 heteroatoms. The first-order valence-electron chi connectivity index (χ1n) is 6.10. The number of nitrogens with zero attached hydrogens (tertiary/aromatic N) is 2. The number of hydrogen-bond acceptors (Lipinski definition) is 4. The first-order chi connectivity index (χ1) is 8.71. The molecule has 0 heterocycles. The maximum atomic E-state index is 10.3. The van der Waals surface area contributed by atoms with Crippen LogP contribution in [0, 0.1) is 11.3 Å². The van der Waals surface area contributed by atoms with Crippen molar-refractivity contribution >= 4 is 12.0 Å². The van der Waals surface area contributed by atoms with Crippen LogP contribution in [0.3, 0.4) is 0 Å². The Morgan fingerprint density at radius 2 is 2.28 bits per heavy atom. The summed E-state index contributed by atoms with van der Waals surface area (Å²) in [6.45, 7) is 4.45. The summed E-state index contributed by atoms with van der Waals surface area (Å²) in [6, 6.07) is 7.74. The molecule has 0 aliphatic carbocycles. The second-order valence-electron chi connectivity index (χ2n) is 4.20. The van der Waals surface area contributed by atoms with Crippen molar-refractivity contribution in [3.63, 3.8) is 0 Å². The van der Waals surface area contributed by atoms with E-state index in [1.807, 2.05) is 19.2 Å². The van der Waals surface area contributed by atoms with Crippen LogP contribution >= 0.6 is 0 Å². The normalized spacial score (nSPS) is 10.1. The zero-order chi connectivity index (χ0) is 13.4. The van der Waals surface area contributed by atoms with E-state index in [-0.39, 0.29) is 0 Å². The van der Waals surface area contributed by atoms with E-state index in [1.54, 1.807) is 6.07 Å². The molecule has 1 aromatic rings. The van der Waals surface area contributed by atoms with Crippen LogP contribution in [0.15, 0.2) is 18.2 Å². The molecule has 0 saturated carbocycles. The maximum Gasteiger partial charge on any atom is 0.121 e. The lowest BCUT2D eigenvalue weighted by Crippen LogP contribution is -2.18. The number of hydrogen-bond donors (Lipinski definition) is 1. The van der Waals surface area contributed by atoms with Crippen LogP contribution < -0.4 is 5.32 Å². The van der Waals surface area contributed by atoms with Crippen molar-refractivity contribution < 1.29 is 4.79 Å². The smallest absolute Gasteiger partial charge is 0.121 e. The maximum absolute atomic E-state index is 10.3. The van der Waals surface area contributed by atoms with Gasteiger partial charge >= 0.3 is 0 Å².